The van der Waals surface area contributed by atoms with Gasteiger partial charge in [0.2, 0.25) is 5.91 Å². The first-order chi connectivity index (χ1) is 12.2. The van der Waals surface area contributed by atoms with E-state index in [0.717, 1.165) is 13.3 Å². The zero-order chi connectivity index (χ0) is 19.3. The molecule has 1 heterocycles. The van der Waals surface area contributed by atoms with Crippen molar-refractivity contribution in [2.45, 2.75) is 32.6 Å². The van der Waals surface area contributed by atoms with Gasteiger partial charge in [-0.05, 0) is 19.8 Å². The molecule has 2 rings (SSSR count). The van der Waals surface area contributed by atoms with E-state index in [9.17, 15) is 18.4 Å². The fourth-order valence-electron chi connectivity index (χ4n) is 3.11. The lowest BCUT2D eigenvalue weighted by Crippen LogP contribution is -2.45. The lowest BCUT2D eigenvalue weighted by atomic mass is 9.89. The normalized spacial score (nSPS) is 18.2. The minimum Gasteiger partial charge on any atom is -0.340 e. The average Bonchev–Trinajstić information content (AvgIpc) is 2.60. The molecule has 0 saturated carbocycles. The third kappa shape index (κ3) is 5.09. The van der Waals surface area contributed by atoms with E-state index in [1.54, 1.807) is 30.1 Å². The molecule has 26 heavy (non-hydrogen) atoms. The van der Waals surface area contributed by atoms with Gasteiger partial charge in [0, 0.05) is 50.3 Å². The number of hydrazone groups is 1. The zero-order valence-electron chi connectivity index (χ0n) is 15.4. The largest absolute Gasteiger partial charge is 0.340 e. The first-order valence-corrected chi connectivity index (χ1v) is 8.72. The van der Waals surface area contributed by atoms with Crippen molar-refractivity contribution in [1.29, 1.82) is 0 Å². The van der Waals surface area contributed by atoms with Crippen molar-refractivity contribution in [1.82, 2.24) is 9.91 Å². The van der Waals surface area contributed by atoms with Crippen LogP contribution in [-0.2, 0) is 10.7 Å². The highest BCUT2D eigenvalue weighted by Crippen LogP contribution is 2.28. The number of carbonyl (C=O) groups is 2. The Hall–Kier alpha value is -2.31. The molecule has 1 aliphatic heterocycles. The van der Waals surface area contributed by atoms with Crippen LogP contribution >= 0.6 is 0 Å². The number of alkyl halides is 2. The third-order valence-corrected chi connectivity index (χ3v) is 4.50. The molecule has 1 aliphatic rings. The molecule has 1 aromatic rings. The van der Waals surface area contributed by atoms with E-state index < -0.39 is 5.92 Å². The Morgan fingerprint density at radius 3 is 2.58 bits per heavy atom. The quantitative estimate of drug-likeness (QED) is 0.442. The summed E-state index contributed by atoms with van der Waals surface area (Å²) in [4.78, 5) is 26.7. The number of nitrogens with zero attached hydrogens (tertiary/aromatic N) is 3. The van der Waals surface area contributed by atoms with Crippen molar-refractivity contribution in [3.63, 3.8) is 0 Å². The van der Waals surface area contributed by atoms with Gasteiger partial charge in [0.25, 0.3) is 5.92 Å². The number of likely N-dealkylation sites (tertiary alicyclic amines) is 1. The maximum Gasteiger partial charge on any atom is 0.270 e. The van der Waals surface area contributed by atoms with Gasteiger partial charge in [-0.15, -0.1) is 0 Å². The van der Waals surface area contributed by atoms with E-state index in [0.29, 0.717) is 25.1 Å². The van der Waals surface area contributed by atoms with Gasteiger partial charge in [0.05, 0.1) is 0 Å². The highest BCUT2D eigenvalue weighted by atomic mass is 19.3. The van der Waals surface area contributed by atoms with Crippen molar-refractivity contribution in [2.24, 2.45) is 11.0 Å². The van der Waals surface area contributed by atoms with Crippen LogP contribution in [0.15, 0.2) is 29.4 Å². The Kier molecular flexibility index (Phi) is 6.45. The molecule has 0 spiro atoms. The molecular weight excluding hydrogens is 340 g/mol. The first-order valence-electron chi connectivity index (χ1n) is 8.72. The Labute approximate surface area is 152 Å². The number of carbonyl (C=O) groups excluding carboxylic acids is 2. The maximum absolute atomic E-state index is 13.3. The van der Waals surface area contributed by atoms with E-state index >= 15 is 0 Å². The molecule has 1 aromatic carbocycles. The minimum absolute atomic E-state index is 0.0726. The number of hydrogen-bond donors (Lipinski definition) is 0. The summed E-state index contributed by atoms with van der Waals surface area (Å²) in [6.45, 7) is 3.73. The number of rotatable bonds is 6. The third-order valence-electron chi connectivity index (χ3n) is 4.50. The molecule has 0 bridgehead atoms. The summed E-state index contributed by atoms with van der Waals surface area (Å²) in [5.74, 6) is -3.41. The van der Waals surface area contributed by atoms with Crippen LogP contribution in [0.25, 0.3) is 0 Å². The van der Waals surface area contributed by atoms with Gasteiger partial charge >= 0.3 is 0 Å². The molecule has 0 radical (unpaired) electrons. The second kappa shape index (κ2) is 8.38. The predicted molar refractivity (Wildman–Crippen MR) is 96.4 cm³/mol. The standard InChI is InChI=1S/C19H25F2N3O2/c1-4-22-23(3)13-17(25)24-11-5-6-15(12-24)18(26)14-7-9-16(10-8-14)19(2,20)21/h4,7-10,15H,5-6,11-13H2,1-3H3/b22-4-. The number of halogens is 2. The highest BCUT2D eigenvalue weighted by molar-refractivity contribution is 5.98. The topological polar surface area (TPSA) is 53.0 Å². The summed E-state index contributed by atoms with van der Waals surface area (Å²) in [5, 5.41) is 5.57. The van der Waals surface area contributed by atoms with Gasteiger partial charge < -0.3 is 4.90 Å². The van der Waals surface area contributed by atoms with Crippen molar-refractivity contribution >= 4 is 17.9 Å². The Balaban J connectivity index is 2.02. The lowest BCUT2D eigenvalue weighted by molar-refractivity contribution is -0.133. The van der Waals surface area contributed by atoms with Crippen LogP contribution in [0.4, 0.5) is 8.78 Å². The molecule has 1 amide bonds. The van der Waals surface area contributed by atoms with Gasteiger partial charge in [0.15, 0.2) is 5.78 Å². The highest BCUT2D eigenvalue weighted by Gasteiger charge is 2.30. The molecule has 1 atom stereocenters. The van der Waals surface area contributed by atoms with E-state index in [1.165, 1.54) is 24.3 Å². The van der Waals surface area contributed by atoms with Crippen LogP contribution in [0.5, 0.6) is 0 Å². The molecule has 1 unspecified atom stereocenters. The molecule has 1 fully saturated rings. The van der Waals surface area contributed by atoms with E-state index in [2.05, 4.69) is 5.10 Å². The van der Waals surface area contributed by atoms with Crippen LogP contribution in [0.1, 0.15) is 42.6 Å². The first kappa shape index (κ1) is 20.0. The van der Waals surface area contributed by atoms with Crippen LogP contribution in [0, 0.1) is 5.92 Å². The monoisotopic (exact) mass is 365 g/mol. The molecule has 0 aliphatic carbocycles. The summed E-state index contributed by atoms with van der Waals surface area (Å²) in [5.41, 5.74) is 0.291. The fraction of sp³-hybridized carbons (Fsp3) is 0.526. The van der Waals surface area contributed by atoms with Crippen molar-refractivity contribution in [2.75, 3.05) is 26.7 Å². The predicted octanol–water partition coefficient (Wildman–Crippen LogP) is 3.16. The lowest BCUT2D eigenvalue weighted by Gasteiger charge is -2.32. The van der Waals surface area contributed by atoms with Crippen LogP contribution in [0.2, 0.25) is 0 Å². The van der Waals surface area contributed by atoms with E-state index in [1.807, 2.05) is 0 Å². The number of ketones is 1. The number of benzene rings is 1. The minimum atomic E-state index is -2.93. The van der Waals surface area contributed by atoms with Gasteiger partial charge in [-0.25, -0.2) is 8.78 Å². The van der Waals surface area contributed by atoms with Gasteiger partial charge in [-0.2, -0.15) is 5.10 Å². The maximum atomic E-state index is 13.3. The molecule has 0 N–H and O–H groups in total. The smallest absolute Gasteiger partial charge is 0.270 e. The molecule has 142 valence electrons. The van der Waals surface area contributed by atoms with Crippen LogP contribution < -0.4 is 0 Å². The summed E-state index contributed by atoms with van der Waals surface area (Å²) in [6, 6.07) is 5.46. The van der Waals surface area contributed by atoms with Crippen molar-refractivity contribution in [3.8, 4) is 0 Å². The Bertz CT molecular complexity index is 668. The van der Waals surface area contributed by atoms with E-state index in [4.69, 9.17) is 0 Å². The molecular formula is C19H25F2N3O2. The van der Waals surface area contributed by atoms with Gasteiger partial charge in [0.1, 0.15) is 6.54 Å². The zero-order valence-corrected chi connectivity index (χ0v) is 15.4. The van der Waals surface area contributed by atoms with E-state index in [-0.39, 0.29) is 29.7 Å². The second-order valence-corrected chi connectivity index (χ2v) is 6.70. The van der Waals surface area contributed by atoms with Crippen molar-refractivity contribution < 1.29 is 18.4 Å². The molecule has 7 heteroatoms. The SMILES string of the molecule is C/C=N\N(C)CC(=O)N1CCCC(C(=O)c2ccc(C(C)(F)F)cc2)C1. The molecule has 5 nitrogen and oxygen atoms in total. The Morgan fingerprint density at radius 2 is 2.00 bits per heavy atom. The Morgan fingerprint density at radius 1 is 1.35 bits per heavy atom. The average molecular weight is 365 g/mol. The van der Waals surface area contributed by atoms with Crippen molar-refractivity contribution in [3.05, 3.63) is 35.4 Å². The summed E-state index contributed by atoms with van der Waals surface area (Å²) in [7, 11) is 1.72. The fourth-order valence-corrected chi connectivity index (χ4v) is 3.11. The summed E-state index contributed by atoms with van der Waals surface area (Å²) >= 11 is 0. The number of Topliss-reactive ketones (excluding diaryl/α,β-unsaturated/α-hetero) is 1. The van der Waals surface area contributed by atoms with Gasteiger partial charge in [-0.1, -0.05) is 24.3 Å². The summed E-state index contributed by atoms with van der Waals surface area (Å²) < 4.78 is 26.6. The van der Waals surface area contributed by atoms with Gasteiger partial charge in [-0.3, -0.25) is 14.6 Å². The molecule has 1 saturated heterocycles. The number of hydrogen-bond acceptors (Lipinski definition) is 4. The number of likely N-dealkylation sites (N-methyl/N-ethyl adjacent to an activating group) is 1. The van der Waals surface area contributed by atoms with Crippen LogP contribution in [-0.4, -0.2) is 54.5 Å². The van der Waals surface area contributed by atoms with Crippen LogP contribution in [0.3, 0.4) is 0 Å². The summed E-state index contributed by atoms with van der Waals surface area (Å²) in [6.07, 6.45) is 3.05. The second-order valence-electron chi connectivity index (χ2n) is 6.70. The number of piperidine rings is 1. The number of amides is 1. The molecule has 0 aromatic heterocycles.